The van der Waals surface area contributed by atoms with E-state index < -0.39 is 12.3 Å². The first-order chi connectivity index (χ1) is 13.1. The van der Waals surface area contributed by atoms with E-state index in [0.717, 1.165) is 5.56 Å². The highest BCUT2D eigenvalue weighted by Crippen LogP contribution is 2.33. The van der Waals surface area contributed by atoms with E-state index in [1.54, 1.807) is 32.4 Å². The van der Waals surface area contributed by atoms with E-state index in [-0.39, 0.29) is 0 Å². The van der Waals surface area contributed by atoms with Crippen LogP contribution in [0.4, 0.5) is 0 Å². The fourth-order valence-corrected chi connectivity index (χ4v) is 2.60. The summed E-state index contributed by atoms with van der Waals surface area (Å²) in [5.74, 6) is 0.705. The molecule has 0 aliphatic carbocycles. The molecule has 0 radical (unpaired) electrons. The number of benzene rings is 1. The van der Waals surface area contributed by atoms with Crippen molar-refractivity contribution >= 4 is 5.97 Å². The van der Waals surface area contributed by atoms with Crippen molar-refractivity contribution in [2.75, 3.05) is 34.5 Å². The van der Waals surface area contributed by atoms with Crippen LogP contribution in [0.1, 0.15) is 36.2 Å². The zero-order chi connectivity index (χ0) is 19.8. The average Bonchev–Trinajstić information content (AvgIpc) is 2.72. The number of hydrogen-bond acceptors (Lipinski definition) is 7. The zero-order valence-electron chi connectivity index (χ0n) is 16.3. The molecule has 2 aromatic rings. The molecule has 0 N–H and O–H groups in total. The molecule has 0 aliphatic rings. The third-order valence-corrected chi connectivity index (χ3v) is 3.87. The summed E-state index contributed by atoms with van der Waals surface area (Å²) < 4.78 is 26.8. The van der Waals surface area contributed by atoms with E-state index in [1.165, 1.54) is 7.11 Å². The first-order valence-corrected chi connectivity index (χ1v) is 8.64. The summed E-state index contributed by atoms with van der Waals surface area (Å²) in [5.41, 5.74) is 2.12. The molecular formula is C20H25NO6. The fraction of sp³-hybridized carbons (Fsp3) is 0.400. The second-order valence-corrected chi connectivity index (χ2v) is 5.43. The van der Waals surface area contributed by atoms with Crippen LogP contribution in [0.3, 0.4) is 0 Å². The van der Waals surface area contributed by atoms with Crippen LogP contribution in [-0.2, 0) is 14.2 Å². The highest BCUT2D eigenvalue weighted by Gasteiger charge is 2.23. The number of esters is 1. The van der Waals surface area contributed by atoms with Gasteiger partial charge in [0, 0.05) is 18.8 Å². The molecule has 1 heterocycles. The van der Waals surface area contributed by atoms with Crippen LogP contribution in [0.5, 0.6) is 11.5 Å². The van der Waals surface area contributed by atoms with Gasteiger partial charge in [-0.1, -0.05) is 0 Å². The maximum atomic E-state index is 12.2. The number of pyridine rings is 1. The monoisotopic (exact) mass is 375 g/mol. The Balaban J connectivity index is 2.56. The number of aromatic nitrogens is 1. The molecule has 1 aromatic carbocycles. The standard InChI is InChI=1S/C20H25NO6/c1-6-26-20(27-7-2)18-14(19(22)25-5)9-10-15(21-18)13-8-11-16(23-3)17(12-13)24-4/h8-12,20H,6-7H2,1-5H3. The van der Waals surface area contributed by atoms with Crippen molar-refractivity contribution < 1.29 is 28.5 Å². The van der Waals surface area contributed by atoms with E-state index in [4.69, 9.17) is 23.7 Å². The SMILES string of the molecule is CCOC(OCC)c1nc(-c2ccc(OC)c(OC)c2)ccc1C(=O)OC. The van der Waals surface area contributed by atoms with Gasteiger partial charge in [-0.05, 0) is 44.2 Å². The molecule has 0 saturated carbocycles. The molecule has 27 heavy (non-hydrogen) atoms. The molecule has 0 spiro atoms. The Morgan fingerprint density at radius 1 is 0.963 bits per heavy atom. The summed E-state index contributed by atoms with van der Waals surface area (Å²) in [6, 6.07) is 8.88. The van der Waals surface area contributed by atoms with Gasteiger partial charge in [-0.15, -0.1) is 0 Å². The Morgan fingerprint density at radius 2 is 1.63 bits per heavy atom. The van der Waals surface area contributed by atoms with E-state index >= 15 is 0 Å². The minimum absolute atomic E-state index is 0.300. The summed E-state index contributed by atoms with van der Waals surface area (Å²) in [6.45, 7) is 4.52. The van der Waals surface area contributed by atoms with Gasteiger partial charge in [0.1, 0.15) is 5.69 Å². The Kier molecular flexibility index (Phi) is 7.57. The molecule has 1 aromatic heterocycles. The van der Waals surface area contributed by atoms with Crippen LogP contribution in [0, 0.1) is 0 Å². The molecule has 0 aliphatic heterocycles. The molecule has 7 heteroatoms. The third kappa shape index (κ3) is 4.75. The van der Waals surface area contributed by atoms with Crippen molar-refractivity contribution in [2.45, 2.75) is 20.1 Å². The van der Waals surface area contributed by atoms with Crippen molar-refractivity contribution in [3.63, 3.8) is 0 Å². The van der Waals surface area contributed by atoms with Crippen LogP contribution in [0.25, 0.3) is 11.3 Å². The number of nitrogens with zero attached hydrogens (tertiary/aromatic N) is 1. The average molecular weight is 375 g/mol. The summed E-state index contributed by atoms with van der Waals surface area (Å²) >= 11 is 0. The maximum Gasteiger partial charge on any atom is 0.339 e. The normalized spacial score (nSPS) is 10.7. The van der Waals surface area contributed by atoms with Crippen molar-refractivity contribution in [3.05, 3.63) is 41.6 Å². The Bertz CT molecular complexity index is 771. The quantitative estimate of drug-likeness (QED) is 0.489. The molecule has 0 atom stereocenters. The van der Waals surface area contributed by atoms with Crippen molar-refractivity contribution in [2.24, 2.45) is 0 Å². The second kappa shape index (κ2) is 9.89. The highest BCUT2D eigenvalue weighted by molar-refractivity contribution is 5.91. The van der Waals surface area contributed by atoms with Gasteiger partial charge in [-0.2, -0.15) is 0 Å². The number of hydrogen-bond donors (Lipinski definition) is 0. The number of carbonyl (C=O) groups excluding carboxylic acids is 1. The lowest BCUT2D eigenvalue weighted by Gasteiger charge is -2.19. The van der Waals surface area contributed by atoms with E-state index in [9.17, 15) is 4.79 Å². The molecule has 7 nitrogen and oxygen atoms in total. The molecule has 0 fully saturated rings. The number of carbonyl (C=O) groups is 1. The Hall–Kier alpha value is -2.64. The lowest BCUT2D eigenvalue weighted by Crippen LogP contribution is -2.17. The van der Waals surface area contributed by atoms with Crippen molar-refractivity contribution in [3.8, 4) is 22.8 Å². The van der Waals surface area contributed by atoms with Gasteiger partial charge < -0.3 is 23.7 Å². The zero-order valence-corrected chi connectivity index (χ0v) is 16.3. The van der Waals surface area contributed by atoms with Gasteiger partial charge in [-0.25, -0.2) is 9.78 Å². The summed E-state index contributed by atoms with van der Waals surface area (Å²) in [6.07, 6.45) is -0.769. The Labute approximate surface area is 159 Å². The molecule has 0 bridgehead atoms. The summed E-state index contributed by atoms with van der Waals surface area (Å²) in [5, 5.41) is 0. The molecule has 2 rings (SSSR count). The van der Waals surface area contributed by atoms with Gasteiger partial charge in [0.15, 0.2) is 11.5 Å². The van der Waals surface area contributed by atoms with Gasteiger partial charge >= 0.3 is 5.97 Å². The van der Waals surface area contributed by atoms with E-state index in [0.29, 0.717) is 41.7 Å². The topological polar surface area (TPSA) is 76.1 Å². The van der Waals surface area contributed by atoms with Crippen LogP contribution in [0.15, 0.2) is 30.3 Å². The van der Waals surface area contributed by atoms with Gasteiger partial charge in [0.25, 0.3) is 0 Å². The predicted octanol–water partition coefficient (Wildman–Crippen LogP) is 3.62. The van der Waals surface area contributed by atoms with Crippen LogP contribution >= 0.6 is 0 Å². The van der Waals surface area contributed by atoms with Gasteiger partial charge in [0.2, 0.25) is 6.29 Å². The second-order valence-electron chi connectivity index (χ2n) is 5.43. The lowest BCUT2D eigenvalue weighted by molar-refractivity contribution is -0.142. The lowest BCUT2D eigenvalue weighted by atomic mass is 10.1. The molecule has 146 valence electrons. The first kappa shape index (κ1) is 20.7. The van der Waals surface area contributed by atoms with Gasteiger partial charge in [0.05, 0.1) is 32.6 Å². The van der Waals surface area contributed by atoms with Crippen LogP contribution in [-0.4, -0.2) is 45.5 Å². The first-order valence-electron chi connectivity index (χ1n) is 8.64. The fourth-order valence-electron chi connectivity index (χ4n) is 2.60. The van der Waals surface area contributed by atoms with Crippen molar-refractivity contribution in [1.82, 2.24) is 4.98 Å². The molecular weight excluding hydrogens is 350 g/mol. The largest absolute Gasteiger partial charge is 0.493 e. The summed E-state index contributed by atoms with van der Waals surface area (Å²) in [4.78, 5) is 16.8. The van der Waals surface area contributed by atoms with Crippen molar-refractivity contribution in [1.29, 1.82) is 0 Å². The molecule has 0 unspecified atom stereocenters. The van der Waals surface area contributed by atoms with Gasteiger partial charge in [-0.3, -0.25) is 0 Å². The Morgan fingerprint density at radius 3 is 2.19 bits per heavy atom. The molecule has 0 saturated heterocycles. The number of methoxy groups -OCH3 is 3. The maximum absolute atomic E-state index is 12.2. The third-order valence-electron chi connectivity index (χ3n) is 3.87. The minimum Gasteiger partial charge on any atom is -0.493 e. The van der Waals surface area contributed by atoms with Crippen LogP contribution < -0.4 is 9.47 Å². The summed E-state index contributed by atoms with van der Waals surface area (Å²) in [7, 11) is 4.47. The van der Waals surface area contributed by atoms with E-state index in [1.807, 2.05) is 26.0 Å². The van der Waals surface area contributed by atoms with Crippen LogP contribution in [0.2, 0.25) is 0 Å². The smallest absolute Gasteiger partial charge is 0.339 e. The number of rotatable bonds is 9. The minimum atomic E-state index is -0.769. The predicted molar refractivity (Wildman–Crippen MR) is 100 cm³/mol. The highest BCUT2D eigenvalue weighted by atomic mass is 16.7. The molecule has 0 amide bonds. The van der Waals surface area contributed by atoms with E-state index in [2.05, 4.69) is 4.98 Å². The number of ether oxygens (including phenoxy) is 5.